The summed E-state index contributed by atoms with van der Waals surface area (Å²) in [4.78, 5) is 11.0. The molecule has 1 heterocycles. The molecule has 1 rings (SSSR count). The van der Waals surface area contributed by atoms with Crippen LogP contribution in [0.2, 0.25) is 0 Å². The molecule has 78 valence electrons. The number of hydrogen-bond acceptors (Lipinski definition) is 2. The van der Waals surface area contributed by atoms with Crippen LogP contribution in [0.25, 0.3) is 0 Å². The van der Waals surface area contributed by atoms with Crippen LogP contribution in [-0.4, -0.2) is 11.1 Å². The van der Waals surface area contributed by atoms with E-state index in [4.69, 9.17) is 9.52 Å². The average molecular weight is 261 g/mol. The molecule has 0 radical (unpaired) electrons. The summed E-state index contributed by atoms with van der Waals surface area (Å²) in [6.45, 7) is 2.04. The van der Waals surface area contributed by atoms with Gasteiger partial charge in [-0.1, -0.05) is 19.8 Å². The Bertz CT molecular complexity index is 306. The molecule has 14 heavy (non-hydrogen) atoms. The number of rotatable bonds is 5. The van der Waals surface area contributed by atoms with Crippen molar-refractivity contribution in [1.29, 1.82) is 0 Å². The van der Waals surface area contributed by atoms with Crippen molar-refractivity contribution in [2.45, 2.75) is 32.1 Å². The minimum atomic E-state index is -0.825. The highest BCUT2D eigenvalue weighted by atomic mass is 79.9. The van der Waals surface area contributed by atoms with E-state index in [1.807, 2.05) is 6.92 Å². The topological polar surface area (TPSA) is 50.4 Å². The van der Waals surface area contributed by atoms with Crippen molar-refractivity contribution < 1.29 is 14.3 Å². The largest absolute Gasteiger partial charge is 0.481 e. The molecular formula is C10H13BrO3. The third-order valence-electron chi connectivity index (χ3n) is 2.11. The SMILES string of the molecule is CCCCC(C(=O)O)c1occc1Br. The van der Waals surface area contributed by atoms with Crippen LogP contribution in [0.4, 0.5) is 0 Å². The van der Waals surface area contributed by atoms with Gasteiger partial charge in [-0.15, -0.1) is 0 Å². The Hall–Kier alpha value is -0.770. The van der Waals surface area contributed by atoms with E-state index in [-0.39, 0.29) is 0 Å². The number of unbranched alkanes of at least 4 members (excludes halogenated alkanes) is 1. The number of aliphatic carboxylic acids is 1. The molecule has 0 aliphatic heterocycles. The van der Waals surface area contributed by atoms with Crippen LogP contribution in [0, 0.1) is 0 Å². The molecular weight excluding hydrogens is 248 g/mol. The fraction of sp³-hybridized carbons (Fsp3) is 0.500. The van der Waals surface area contributed by atoms with Crippen LogP contribution in [0.1, 0.15) is 37.9 Å². The van der Waals surface area contributed by atoms with Crippen LogP contribution in [0.3, 0.4) is 0 Å². The molecule has 4 heteroatoms. The second kappa shape index (κ2) is 5.20. The van der Waals surface area contributed by atoms with E-state index < -0.39 is 11.9 Å². The average Bonchev–Trinajstić information content (AvgIpc) is 2.52. The van der Waals surface area contributed by atoms with Crippen molar-refractivity contribution in [3.8, 4) is 0 Å². The zero-order valence-electron chi connectivity index (χ0n) is 8.00. The van der Waals surface area contributed by atoms with Gasteiger partial charge in [0.25, 0.3) is 0 Å². The molecule has 0 saturated carbocycles. The fourth-order valence-electron chi connectivity index (χ4n) is 1.33. The summed E-state index contributed by atoms with van der Waals surface area (Å²) < 4.78 is 5.89. The number of carbonyl (C=O) groups is 1. The van der Waals surface area contributed by atoms with E-state index in [1.165, 1.54) is 6.26 Å². The normalized spacial score (nSPS) is 12.7. The number of halogens is 1. The van der Waals surface area contributed by atoms with Gasteiger partial charge >= 0.3 is 5.97 Å². The van der Waals surface area contributed by atoms with Gasteiger partial charge in [-0.2, -0.15) is 0 Å². The Labute approximate surface area is 91.2 Å². The maximum atomic E-state index is 11.0. The second-order valence-corrected chi connectivity index (χ2v) is 4.02. The zero-order chi connectivity index (χ0) is 10.6. The standard InChI is InChI=1S/C10H13BrO3/c1-2-3-4-7(10(12)13)9-8(11)5-6-14-9/h5-7H,2-4H2,1H3,(H,12,13). The summed E-state index contributed by atoms with van der Waals surface area (Å²) >= 11 is 3.27. The van der Waals surface area contributed by atoms with Gasteiger partial charge in [0.1, 0.15) is 11.7 Å². The minimum absolute atomic E-state index is 0.519. The van der Waals surface area contributed by atoms with Crippen LogP contribution in [-0.2, 0) is 4.79 Å². The number of carboxylic acids is 1. The van der Waals surface area contributed by atoms with E-state index >= 15 is 0 Å². The van der Waals surface area contributed by atoms with Crippen molar-refractivity contribution in [3.05, 3.63) is 22.6 Å². The molecule has 1 unspecified atom stereocenters. The third kappa shape index (κ3) is 2.61. The Morgan fingerprint density at radius 1 is 1.71 bits per heavy atom. The maximum absolute atomic E-state index is 11.0. The summed E-state index contributed by atoms with van der Waals surface area (Å²) in [7, 11) is 0. The van der Waals surface area contributed by atoms with Crippen LogP contribution >= 0.6 is 15.9 Å². The summed E-state index contributed by atoms with van der Waals surface area (Å²) in [5.41, 5.74) is 0. The van der Waals surface area contributed by atoms with Gasteiger partial charge in [0.05, 0.1) is 10.7 Å². The van der Waals surface area contributed by atoms with E-state index in [1.54, 1.807) is 6.07 Å². The second-order valence-electron chi connectivity index (χ2n) is 3.17. The van der Waals surface area contributed by atoms with Crippen LogP contribution < -0.4 is 0 Å². The highest BCUT2D eigenvalue weighted by molar-refractivity contribution is 9.10. The van der Waals surface area contributed by atoms with Gasteiger partial charge in [-0.05, 0) is 28.4 Å². The first kappa shape index (κ1) is 11.3. The Morgan fingerprint density at radius 2 is 2.43 bits per heavy atom. The Morgan fingerprint density at radius 3 is 2.86 bits per heavy atom. The van der Waals surface area contributed by atoms with Gasteiger partial charge in [-0.3, -0.25) is 4.79 Å². The lowest BCUT2D eigenvalue weighted by Gasteiger charge is -2.09. The quantitative estimate of drug-likeness (QED) is 0.883. The zero-order valence-corrected chi connectivity index (χ0v) is 9.58. The number of furan rings is 1. The van der Waals surface area contributed by atoms with Gasteiger partial charge in [0.2, 0.25) is 0 Å². The predicted octanol–water partition coefficient (Wildman–Crippen LogP) is 3.40. The first-order valence-electron chi connectivity index (χ1n) is 4.62. The molecule has 1 atom stereocenters. The third-order valence-corrected chi connectivity index (χ3v) is 2.76. The minimum Gasteiger partial charge on any atom is -0.481 e. The predicted molar refractivity (Wildman–Crippen MR) is 56.3 cm³/mol. The van der Waals surface area contributed by atoms with E-state index in [9.17, 15) is 4.79 Å². The first-order chi connectivity index (χ1) is 6.66. The molecule has 0 bridgehead atoms. The van der Waals surface area contributed by atoms with E-state index in [0.717, 1.165) is 17.3 Å². The van der Waals surface area contributed by atoms with Crippen molar-refractivity contribution in [1.82, 2.24) is 0 Å². The molecule has 0 amide bonds. The number of carboxylic acid groups (broad SMARTS) is 1. The van der Waals surface area contributed by atoms with Gasteiger partial charge in [0, 0.05) is 0 Å². The van der Waals surface area contributed by atoms with Gasteiger partial charge in [0.15, 0.2) is 0 Å². The van der Waals surface area contributed by atoms with Gasteiger partial charge in [-0.25, -0.2) is 0 Å². The lowest BCUT2D eigenvalue weighted by atomic mass is 10.00. The Kier molecular flexibility index (Phi) is 4.20. The maximum Gasteiger partial charge on any atom is 0.314 e. The molecule has 0 aliphatic rings. The summed E-state index contributed by atoms with van der Waals surface area (Å²) in [6, 6.07) is 1.72. The molecule has 0 aromatic carbocycles. The molecule has 1 N–H and O–H groups in total. The monoisotopic (exact) mass is 260 g/mol. The lowest BCUT2D eigenvalue weighted by molar-refractivity contribution is -0.139. The smallest absolute Gasteiger partial charge is 0.314 e. The highest BCUT2D eigenvalue weighted by Gasteiger charge is 2.24. The van der Waals surface area contributed by atoms with Crippen LogP contribution in [0.5, 0.6) is 0 Å². The van der Waals surface area contributed by atoms with E-state index in [0.29, 0.717) is 12.2 Å². The summed E-state index contributed by atoms with van der Waals surface area (Å²) in [5, 5.41) is 9.02. The van der Waals surface area contributed by atoms with E-state index in [2.05, 4.69) is 15.9 Å². The van der Waals surface area contributed by atoms with Crippen molar-refractivity contribution >= 4 is 21.9 Å². The fourth-order valence-corrected chi connectivity index (χ4v) is 1.81. The summed E-state index contributed by atoms with van der Waals surface area (Å²) in [5.74, 6) is -0.834. The highest BCUT2D eigenvalue weighted by Crippen LogP contribution is 2.29. The molecule has 0 saturated heterocycles. The van der Waals surface area contributed by atoms with Gasteiger partial charge < -0.3 is 9.52 Å². The van der Waals surface area contributed by atoms with Crippen LogP contribution in [0.15, 0.2) is 21.2 Å². The Balaban J connectivity index is 2.78. The first-order valence-corrected chi connectivity index (χ1v) is 5.41. The molecule has 0 spiro atoms. The molecule has 3 nitrogen and oxygen atoms in total. The summed E-state index contributed by atoms with van der Waals surface area (Å²) in [6.07, 6.45) is 4.01. The van der Waals surface area contributed by atoms with Crippen molar-refractivity contribution in [3.63, 3.8) is 0 Å². The van der Waals surface area contributed by atoms with Crippen molar-refractivity contribution in [2.75, 3.05) is 0 Å². The molecule has 0 aliphatic carbocycles. The lowest BCUT2D eigenvalue weighted by Crippen LogP contribution is -2.11. The molecule has 1 aromatic rings. The molecule has 0 fully saturated rings. The molecule has 1 aromatic heterocycles. The number of hydrogen-bond donors (Lipinski definition) is 1. The van der Waals surface area contributed by atoms with Crippen molar-refractivity contribution in [2.24, 2.45) is 0 Å².